The van der Waals surface area contributed by atoms with Crippen LogP contribution in [-0.4, -0.2) is 42.8 Å². The molecule has 4 rings (SSSR count). The van der Waals surface area contributed by atoms with Gasteiger partial charge in [0.05, 0.1) is 0 Å². The molecule has 2 amide bonds. The van der Waals surface area contributed by atoms with Gasteiger partial charge in [-0.1, -0.05) is 36.4 Å². The van der Waals surface area contributed by atoms with Gasteiger partial charge in [0, 0.05) is 58.3 Å². The molecule has 0 bridgehead atoms. The Morgan fingerprint density at radius 1 is 0.875 bits per heavy atom. The number of aliphatic imine (C=N–C) groups is 1. The zero-order valence-corrected chi connectivity index (χ0v) is 18.6. The van der Waals surface area contributed by atoms with E-state index >= 15 is 0 Å². The maximum absolute atomic E-state index is 11.9. The molecule has 0 saturated carbocycles. The summed E-state index contributed by atoms with van der Waals surface area (Å²) in [4.78, 5) is 31.9. The van der Waals surface area contributed by atoms with Crippen molar-refractivity contribution in [1.29, 1.82) is 0 Å². The predicted octanol–water partition coefficient (Wildman–Crippen LogP) is 2.80. The van der Waals surface area contributed by atoms with E-state index in [0.29, 0.717) is 32.5 Å². The van der Waals surface area contributed by atoms with Crippen LogP contribution in [0.4, 0.5) is 5.69 Å². The minimum atomic E-state index is 0.205. The molecule has 2 heterocycles. The van der Waals surface area contributed by atoms with Crippen molar-refractivity contribution in [3.8, 4) is 0 Å². The Balaban J connectivity index is 1.26. The summed E-state index contributed by atoms with van der Waals surface area (Å²) in [6.07, 6.45) is 3.21. The number of amides is 2. The van der Waals surface area contributed by atoms with Crippen molar-refractivity contribution in [2.24, 2.45) is 4.99 Å². The fourth-order valence-corrected chi connectivity index (χ4v) is 4.24. The maximum atomic E-state index is 11.9. The van der Waals surface area contributed by atoms with Gasteiger partial charge in [-0.3, -0.25) is 14.6 Å². The molecule has 2 aromatic carbocycles. The van der Waals surface area contributed by atoms with Gasteiger partial charge in [-0.2, -0.15) is 0 Å². The Kier molecular flexibility index (Phi) is 7.04. The number of hydrogen-bond donors (Lipinski definition) is 2. The van der Waals surface area contributed by atoms with Crippen LogP contribution in [0.3, 0.4) is 0 Å². The van der Waals surface area contributed by atoms with Gasteiger partial charge < -0.3 is 20.4 Å². The Bertz CT molecular complexity index is 986. The first-order chi connectivity index (χ1) is 15.6. The highest BCUT2D eigenvalue weighted by atomic mass is 16.2. The lowest BCUT2D eigenvalue weighted by Crippen LogP contribution is -2.36. The molecule has 7 nitrogen and oxygen atoms in total. The minimum Gasteiger partial charge on any atom is -0.352 e. The van der Waals surface area contributed by atoms with Gasteiger partial charge in [0.1, 0.15) is 0 Å². The molecule has 2 saturated heterocycles. The molecule has 7 heteroatoms. The largest absolute Gasteiger partial charge is 0.352 e. The molecule has 32 heavy (non-hydrogen) atoms. The highest BCUT2D eigenvalue weighted by Gasteiger charge is 2.21. The highest BCUT2D eigenvalue weighted by Crippen LogP contribution is 2.21. The number of hydrogen-bond acceptors (Lipinski definition) is 3. The number of nitrogens with zero attached hydrogens (tertiary/aromatic N) is 3. The van der Waals surface area contributed by atoms with Crippen molar-refractivity contribution < 1.29 is 9.59 Å². The number of carbonyl (C=O) groups excluding carboxylic acids is 2. The van der Waals surface area contributed by atoms with Crippen molar-refractivity contribution >= 4 is 23.5 Å². The smallest absolute Gasteiger partial charge is 0.227 e. The highest BCUT2D eigenvalue weighted by molar-refractivity contribution is 5.95. The Hall–Kier alpha value is -3.35. The quantitative estimate of drug-likeness (QED) is 0.520. The summed E-state index contributed by atoms with van der Waals surface area (Å²) >= 11 is 0. The first kappa shape index (κ1) is 21.9. The van der Waals surface area contributed by atoms with Crippen LogP contribution in [-0.2, 0) is 29.2 Å². The summed E-state index contributed by atoms with van der Waals surface area (Å²) in [6.45, 7) is 3.64. The number of carbonyl (C=O) groups is 2. The molecule has 2 fully saturated rings. The number of likely N-dealkylation sites (tertiary alicyclic amines) is 1. The molecule has 2 aliphatic heterocycles. The van der Waals surface area contributed by atoms with E-state index in [2.05, 4.69) is 33.8 Å². The SMILES string of the molecule is CN=C(NCc1ccc(N2CCCC2=O)cc1)NCc1cccc(CN2CCCC2=O)c1. The molecular formula is C25H31N5O2. The third-order valence-corrected chi connectivity index (χ3v) is 6.00. The van der Waals surface area contributed by atoms with Crippen LogP contribution in [0.2, 0.25) is 0 Å². The first-order valence-electron chi connectivity index (χ1n) is 11.3. The second-order valence-corrected chi connectivity index (χ2v) is 8.33. The van der Waals surface area contributed by atoms with Crippen molar-refractivity contribution in [1.82, 2.24) is 15.5 Å². The van der Waals surface area contributed by atoms with Crippen molar-refractivity contribution in [3.63, 3.8) is 0 Å². The third-order valence-electron chi connectivity index (χ3n) is 6.00. The lowest BCUT2D eigenvalue weighted by molar-refractivity contribution is -0.128. The molecule has 0 radical (unpaired) electrons. The maximum Gasteiger partial charge on any atom is 0.227 e. The second kappa shape index (κ2) is 10.3. The third kappa shape index (κ3) is 5.46. The summed E-state index contributed by atoms with van der Waals surface area (Å²) in [6, 6.07) is 16.4. The molecular weight excluding hydrogens is 402 g/mol. The van der Waals surface area contributed by atoms with Gasteiger partial charge in [-0.15, -0.1) is 0 Å². The van der Waals surface area contributed by atoms with E-state index in [1.165, 1.54) is 0 Å². The lowest BCUT2D eigenvalue weighted by Gasteiger charge is -2.17. The average molecular weight is 434 g/mol. The number of rotatable bonds is 7. The van der Waals surface area contributed by atoms with Crippen LogP contribution < -0.4 is 15.5 Å². The second-order valence-electron chi connectivity index (χ2n) is 8.33. The molecule has 0 spiro atoms. The fourth-order valence-electron chi connectivity index (χ4n) is 4.24. The van der Waals surface area contributed by atoms with Crippen LogP contribution in [0.5, 0.6) is 0 Å². The van der Waals surface area contributed by atoms with E-state index in [-0.39, 0.29) is 11.8 Å². The summed E-state index contributed by atoms with van der Waals surface area (Å²) in [5.41, 5.74) is 4.39. The van der Waals surface area contributed by atoms with Gasteiger partial charge in [0.25, 0.3) is 0 Å². The zero-order valence-electron chi connectivity index (χ0n) is 18.6. The van der Waals surface area contributed by atoms with E-state index in [1.807, 2.05) is 40.1 Å². The standard InChI is InChI=1S/C25H31N5O2/c1-26-25(27-16-19-9-11-22(12-10-19)30-14-4-8-24(30)32)28-17-20-5-2-6-21(15-20)18-29-13-3-7-23(29)31/h2,5-6,9-12,15H,3-4,7-8,13-14,16-18H2,1H3,(H2,26,27,28). The number of nitrogens with one attached hydrogen (secondary N) is 2. The van der Waals surface area contributed by atoms with Crippen molar-refractivity contribution in [3.05, 3.63) is 65.2 Å². The van der Waals surface area contributed by atoms with Gasteiger partial charge in [0.15, 0.2) is 5.96 Å². The molecule has 0 aliphatic carbocycles. The van der Waals surface area contributed by atoms with E-state index in [9.17, 15) is 9.59 Å². The van der Waals surface area contributed by atoms with Gasteiger partial charge in [0.2, 0.25) is 11.8 Å². The zero-order chi connectivity index (χ0) is 22.3. The van der Waals surface area contributed by atoms with Gasteiger partial charge in [-0.25, -0.2) is 0 Å². The van der Waals surface area contributed by atoms with Crippen molar-refractivity contribution in [2.75, 3.05) is 25.0 Å². The number of benzene rings is 2. The molecule has 2 N–H and O–H groups in total. The Labute approximate surface area is 189 Å². The fraction of sp³-hybridized carbons (Fsp3) is 0.400. The summed E-state index contributed by atoms with van der Waals surface area (Å²) in [5, 5.41) is 6.69. The van der Waals surface area contributed by atoms with E-state index in [1.54, 1.807) is 7.05 Å². The van der Waals surface area contributed by atoms with E-state index in [4.69, 9.17) is 0 Å². The van der Waals surface area contributed by atoms with Crippen LogP contribution in [0.1, 0.15) is 42.4 Å². The Morgan fingerprint density at radius 2 is 1.56 bits per heavy atom. The predicted molar refractivity (Wildman–Crippen MR) is 126 cm³/mol. The monoisotopic (exact) mass is 433 g/mol. The topological polar surface area (TPSA) is 77.0 Å². The first-order valence-corrected chi connectivity index (χ1v) is 11.3. The normalized spacial score (nSPS) is 16.7. The summed E-state index contributed by atoms with van der Waals surface area (Å²) in [7, 11) is 1.76. The summed E-state index contributed by atoms with van der Waals surface area (Å²) < 4.78 is 0. The molecule has 168 valence electrons. The molecule has 0 unspecified atom stereocenters. The van der Waals surface area contributed by atoms with Crippen LogP contribution in [0.15, 0.2) is 53.5 Å². The number of guanidine groups is 1. The molecule has 0 atom stereocenters. The molecule has 2 aliphatic rings. The van der Waals surface area contributed by atoms with E-state index < -0.39 is 0 Å². The lowest BCUT2D eigenvalue weighted by atomic mass is 10.1. The van der Waals surface area contributed by atoms with E-state index in [0.717, 1.165) is 54.3 Å². The number of anilines is 1. The van der Waals surface area contributed by atoms with Crippen molar-refractivity contribution in [2.45, 2.75) is 45.3 Å². The minimum absolute atomic E-state index is 0.205. The molecule has 2 aromatic rings. The van der Waals surface area contributed by atoms with Crippen LogP contribution >= 0.6 is 0 Å². The Morgan fingerprint density at radius 3 is 2.22 bits per heavy atom. The molecule has 0 aromatic heterocycles. The average Bonchev–Trinajstić information content (AvgIpc) is 3.42. The van der Waals surface area contributed by atoms with Crippen LogP contribution in [0, 0.1) is 0 Å². The summed E-state index contributed by atoms with van der Waals surface area (Å²) in [5.74, 6) is 1.18. The van der Waals surface area contributed by atoms with Crippen LogP contribution in [0.25, 0.3) is 0 Å². The van der Waals surface area contributed by atoms with Gasteiger partial charge >= 0.3 is 0 Å². The van der Waals surface area contributed by atoms with Gasteiger partial charge in [-0.05, 0) is 41.7 Å².